The summed E-state index contributed by atoms with van der Waals surface area (Å²) in [6.07, 6.45) is 6.23. The van der Waals surface area contributed by atoms with Crippen LogP contribution in [0.1, 0.15) is 46.0 Å². The second-order valence-electron chi connectivity index (χ2n) is 2.68. The first-order valence-electron chi connectivity index (χ1n) is 4.04. The second kappa shape index (κ2) is 6.59. The van der Waals surface area contributed by atoms with Crippen LogP contribution in [-0.2, 0) is 0 Å². The number of unbranched alkanes of at least 4 members (excludes halogenated alkanes) is 3. The van der Waals surface area contributed by atoms with Crippen LogP contribution in [0.2, 0.25) is 0 Å². The highest BCUT2D eigenvalue weighted by Crippen LogP contribution is 2.02. The van der Waals surface area contributed by atoms with Gasteiger partial charge in [-0.25, -0.2) is 0 Å². The van der Waals surface area contributed by atoms with Crippen molar-refractivity contribution in [2.75, 3.05) is 0 Å². The Bertz CT molecular complexity index is 97.4. The van der Waals surface area contributed by atoms with Crippen molar-refractivity contribution in [1.29, 1.82) is 0 Å². The predicted octanol–water partition coefficient (Wildman–Crippen LogP) is 2.29. The predicted molar refractivity (Wildman–Crippen MR) is 46.1 cm³/mol. The van der Waals surface area contributed by atoms with Crippen molar-refractivity contribution in [3.05, 3.63) is 0 Å². The Morgan fingerprint density at radius 3 is 2.50 bits per heavy atom. The van der Waals surface area contributed by atoms with E-state index in [1.54, 1.807) is 0 Å². The van der Waals surface area contributed by atoms with Crippen molar-refractivity contribution in [3.63, 3.8) is 0 Å². The van der Waals surface area contributed by atoms with E-state index >= 15 is 0 Å². The lowest BCUT2D eigenvalue weighted by atomic mass is 10.1. The molecule has 0 aromatic heterocycles. The van der Waals surface area contributed by atoms with Gasteiger partial charge in [-0.15, -0.1) is 0 Å². The zero-order chi connectivity index (χ0) is 7.82. The maximum atomic E-state index is 5.07. The molecule has 0 radical (unpaired) electrons. The lowest BCUT2D eigenvalue weighted by Crippen LogP contribution is -1.95. The van der Waals surface area contributed by atoms with Crippen molar-refractivity contribution >= 4 is 5.71 Å². The van der Waals surface area contributed by atoms with E-state index in [-0.39, 0.29) is 0 Å². The fourth-order valence-electron chi connectivity index (χ4n) is 0.872. The van der Waals surface area contributed by atoms with Crippen molar-refractivity contribution < 1.29 is 0 Å². The molecule has 2 nitrogen and oxygen atoms in total. The summed E-state index contributed by atoms with van der Waals surface area (Å²) < 4.78 is 0. The molecular formula is C8H18N2. The van der Waals surface area contributed by atoms with Gasteiger partial charge in [-0.3, -0.25) is 0 Å². The molecule has 60 valence electrons. The molecular weight excluding hydrogens is 124 g/mol. The number of nitrogens with two attached hydrogens (primary N) is 1. The van der Waals surface area contributed by atoms with Crippen molar-refractivity contribution in [2.24, 2.45) is 10.9 Å². The molecule has 0 unspecified atom stereocenters. The van der Waals surface area contributed by atoms with Crippen molar-refractivity contribution in [2.45, 2.75) is 46.0 Å². The molecule has 0 rings (SSSR count). The van der Waals surface area contributed by atoms with E-state index in [0.29, 0.717) is 0 Å². The van der Waals surface area contributed by atoms with Gasteiger partial charge < -0.3 is 5.84 Å². The highest BCUT2D eigenvalue weighted by Gasteiger charge is 1.90. The fourth-order valence-corrected chi connectivity index (χ4v) is 0.872. The molecule has 0 saturated heterocycles. The van der Waals surface area contributed by atoms with Crippen molar-refractivity contribution in [1.82, 2.24) is 0 Å². The van der Waals surface area contributed by atoms with Gasteiger partial charge in [0.15, 0.2) is 0 Å². The largest absolute Gasteiger partial charge is 0.323 e. The Morgan fingerprint density at radius 1 is 1.30 bits per heavy atom. The smallest absolute Gasteiger partial charge is 0.0345 e. The van der Waals surface area contributed by atoms with Crippen LogP contribution in [0.4, 0.5) is 0 Å². The van der Waals surface area contributed by atoms with Gasteiger partial charge >= 0.3 is 0 Å². The van der Waals surface area contributed by atoms with Gasteiger partial charge in [-0.2, -0.15) is 5.10 Å². The van der Waals surface area contributed by atoms with E-state index in [1.807, 2.05) is 6.92 Å². The molecule has 0 aliphatic carbocycles. The summed E-state index contributed by atoms with van der Waals surface area (Å²) >= 11 is 0. The summed E-state index contributed by atoms with van der Waals surface area (Å²) in [7, 11) is 0. The van der Waals surface area contributed by atoms with E-state index in [2.05, 4.69) is 12.0 Å². The maximum absolute atomic E-state index is 5.07. The Kier molecular flexibility index (Phi) is 6.24. The lowest BCUT2D eigenvalue weighted by Gasteiger charge is -1.97. The molecule has 0 aromatic rings. The van der Waals surface area contributed by atoms with Gasteiger partial charge in [0.05, 0.1) is 0 Å². The van der Waals surface area contributed by atoms with E-state index in [9.17, 15) is 0 Å². The normalized spacial score (nSPS) is 12.0. The Hall–Kier alpha value is -0.530. The molecule has 0 amide bonds. The molecule has 0 saturated carbocycles. The Labute approximate surface area is 63.5 Å². The summed E-state index contributed by atoms with van der Waals surface area (Å²) in [6.45, 7) is 4.19. The molecule has 2 heteroatoms. The highest BCUT2D eigenvalue weighted by atomic mass is 15.1. The Balaban J connectivity index is 3.04. The third-order valence-corrected chi connectivity index (χ3v) is 1.61. The van der Waals surface area contributed by atoms with Gasteiger partial charge in [-0.1, -0.05) is 26.2 Å². The molecule has 0 fully saturated rings. The highest BCUT2D eigenvalue weighted by molar-refractivity contribution is 5.81. The molecule has 10 heavy (non-hydrogen) atoms. The standard InChI is InChI=1S/C8H18N2/c1-3-4-5-6-7-8(2)10-9/h3-7,9H2,1-2H3. The van der Waals surface area contributed by atoms with E-state index in [4.69, 9.17) is 5.84 Å². The van der Waals surface area contributed by atoms with Gasteiger partial charge in [0.25, 0.3) is 0 Å². The average Bonchev–Trinajstić information content (AvgIpc) is 1.98. The van der Waals surface area contributed by atoms with Crippen LogP contribution in [0.15, 0.2) is 5.10 Å². The van der Waals surface area contributed by atoms with Gasteiger partial charge in [-0.05, 0) is 19.8 Å². The van der Waals surface area contributed by atoms with Crippen LogP contribution < -0.4 is 5.84 Å². The topological polar surface area (TPSA) is 38.4 Å². The average molecular weight is 142 g/mol. The Morgan fingerprint density at radius 2 is 2.00 bits per heavy atom. The number of rotatable bonds is 5. The monoisotopic (exact) mass is 142 g/mol. The minimum absolute atomic E-state index is 1.07. The molecule has 0 spiro atoms. The van der Waals surface area contributed by atoms with Gasteiger partial charge in [0.2, 0.25) is 0 Å². The van der Waals surface area contributed by atoms with Crippen molar-refractivity contribution in [3.8, 4) is 0 Å². The van der Waals surface area contributed by atoms with Crippen LogP contribution in [0.5, 0.6) is 0 Å². The molecule has 0 bridgehead atoms. The van der Waals surface area contributed by atoms with Crippen LogP contribution >= 0.6 is 0 Å². The zero-order valence-corrected chi connectivity index (χ0v) is 7.06. The van der Waals surface area contributed by atoms with Crippen LogP contribution in [0, 0.1) is 0 Å². The quantitative estimate of drug-likeness (QED) is 0.272. The first-order valence-corrected chi connectivity index (χ1v) is 4.04. The minimum Gasteiger partial charge on any atom is -0.323 e. The summed E-state index contributed by atoms with van der Waals surface area (Å²) in [4.78, 5) is 0. The first kappa shape index (κ1) is 9.47. The fraction of sp³-hybridized carbons (Fsp3) is 0.875. The van der Waals surface area contributed by atoms with Gasteiger partial charge in [0, 0.05) is 5.71 Å². The molecule has 2 N–H and O–H groups in total. The van der Waals surface area contributed by atoms with E-state index in [1.165, 1.54) is 25.7 Å². The summed E-state index contributed by atoms with van der Waals surface area (Å²) in [6, 6.07) is 0. The lowest BCUT2D eigenvalue weighted by molar-refractivity contribution is 0.682. The summed E-state index contributed by atoms with van der Waals surface area (Å²) in [5.74, 6) is 5.07. The van der Waals surface area contributed by atoms with Crippen LogP contribution in [-0.4, -0.2) is 5.71 Å². The van der Waals surface area contributed by atoms with Crippen LogP contribution in [0.25, 0.3) is 0 Å². The third-order valence-electron chi connectivity index (χ3n) is 1.61. The number of hydrogen-bond acceptors (Lipinski definition) is 2. The molecule has 0 atom stereocenters. The first-order chi connectivity index (χ1) is 4.81. The zero-order valence-electron chi connectivity index (χ0n) is 7.06. The number of hydrogen-bond donors (Lipinski definition) is 1. The number of hydrazone groups is 1. The minimum atomic E-state index is 1.07. The van der Waals surface area contributed by atoms with Gasteiger partial charge in [0.1, 0.15) is 0 Å². The number of nitrogens with zero attached hydrogens (tertiary/aromatic N) is 1. The SMILES string of the molecule is CCCCCCC(C)=NN. The second-order valence-corrected chi connectivity index (χ2v) is 2.68. The molecule has 0 heterocycles. The van der Waals surface area contributed by atoms with Crippen LogP contribution in [0.3, 0.4) is 0 Å². The molecule has 0 aromatic carbocycles. The van der Waals surface area contributed by atoms with E-state index < -0.39 is 0 Å². The van der Waals surface area contributed by atoms with E-state index in [0.717, 1.165) is 12.1 Å². The molecule has 0 aliphatic heterocycles. The molecule has 0 aliphatic rings. The third kappa shape index (κ3) is 5.60. The summed E-state index contributed by atoms with van der Waals surface area (Å²) in [5, 5.41) is 3.60. The maximum Gasteiger partial charge on any atom is 0.0345 e. The summed E-state index contributed by atoms with van der Waals surface area (Å²) in [5.41, 5.74) is 1.07.